The van der Waals surface area contributed by atoms with Gasteiger partial charge in [-0.2, -0.15) is 0 Å². The van der Waals surface area contributed by atoms with Crippen molar-refractivity contribution in [2.24, 2.45) is 5.92 Å². The number of para-hydroxylation sites is 1. The number of carbonyl (C=O) groups excluding carboxylic acids is 2. The van der Waals surface area contributed by atoms with Crippen molar-refractivity contribution in [3.63, 3.8) is 0 Å². The van der Waals surface area contributed by atoms with Crippen LogP contribution in [0.5, 0.6) is 0 Å². The Kier molecular flexibility index (Phi) is 5.84. The molecule has 0 spiro atoms. The summed E-state index contributed by atoms with van der Waals surface area (Å²) in [6.07, 6.45) is 0.998. The van der Waals surface area contributed by atoms with Gasteiger partial charge in [0.1, 0.15) is 17.0 Å². The van der Waals surface area contributed by atoms with Crippen molar-refractivity contribution < 1.29 is 18.4 Å². The zero-order valence-corrected chi connectivity index (χ0v) is 17.2. The van der Waals surface area contributed by atoms with Gasteiger partial charge in [0.15, 0.2) is 0 Å². The van der Waals surface area contributed by atoms with Crippen molar-refractivity contribution >= 4 is 22.8 Å². The normalized spacial score (nSPS) is 14.6. The monoisotopic (exact) mass is 422 g/mol. The molecule has 31 heavy (non-hydrogen) atoms. The lowest BCUT2D eigenvalue weighted by Crippen LogP contribution is -2.43. The highest BCUT2D eigenvalue weighted by molar-refractivity contribution is 5.96. The van der Waals surface area contributed by atoms with Crippen LogP contribution in [-0.2, 0) is 11.3 Å². The van der Waals surface area contributed by atoms with E-state index in [-0.39, 0.29) is 35.7 Å². The average molecular weight is 422 g/mol. The van der Waals surface area contributed by atoms with Gasteiger partial charge in [0.25, 0.3) is 5.91 Å². The highest BCUT2D eigenvalue weighted by Crippen LogP contribution is 2.20. The number of benzene rings is 2. The van der Waals surface area contributed by atoms with Gasteiger partial charge in [-0.1, -0.05) is 30.3 Å². The minimum absolute atomic E-state index is 0.00278. The van der Waals surface area contributed by atoms with Gasteiger partial charge in [-0.3, -0.25) is 9.59 Å². The number of fused-ring (bicyclic) bond motifs is 1. The van der Waals surface area contributed by atoms with Crippen molar-refractivity contribution in [2.75, 3.05) is 13.1 Å². The summed E-state index contributed by atoms with van der Waals surface area (Å²) in [4.78, 5) is 39.2. The zero-order valence-electron chi connectivity index (χ0n) is 17.2. The minimum Gasteiger partial charge on any atom is -0.422 e. The molecule has 6 nitrogen and oxygen atoms in total. The Labute approximate surface area is 178 Å². The molecule has 0 radical (unpaired) electrons. The molecule has 1 saturated heterocycles. The highest BCUT2D eigenvalue weighted by Gasteiger charge is 2.29. The second kappa shape index (κ2) is 8.71. The lowest BCUT2D eigenvalue weighted by atomic mass is 9.95. The number of nitrogens with zero attached hydrogens (tertiary/aromatic N) is 1. The number of nitrogens with one attached hydrogen (secondary N) is 1. The lowest BCUT2D eigenvalue weighted by Gasteiger charge is -2.31. The maximum atomic E-state index is 13.7. The van der Waals surface area contributed by atoms with Crippen LogP contribution in [0.2, 0.25) is 0 Å². The molecule has 2 amide bonds. The Morgan fingerprint density at radius 1 is 1.13 bits per heavy atom. The number of rotatable bonds is 4. The van der Waals surface area contributed by atoms with Gasteiger partial charge in [-0.25, -0.2) is 9.18 Å². The van der Waals surface area contributed by atoms with E-state index in [4.69, 9.17) is 4.42 Å². The van der Waals surface area contributed by atoms with E-state index in [1.807, 2.05) is 6.07 Å². The molecule has 1 aliphatic rings. The van der Waals surface area contributed by atoms with Crippen molar-refractivity contribution in [2.45, 2.75) is 26.3 Å². The standard InChI is InChI=1S/C24H23FN2O4/c1-15-6-7-16(12-20(15)25)14-26-22(28)17-8-10-27(11-9-17)23(29)19-13-18-4-2-3-5-21(18)31-24(19)30/h2-7,12-13,17H,8-11,14H2,1H3,(H,26,28). The van der Waals surface area contributed by atoms with E-state index >= 15 is 0 Å². The van der Waals surface area contributed by atoms with Gasteiger partial charge >= 0.3 is 5.63 Å². The predicted molar refractivity (Wildman–Crippen MR) is 114 cm³/mol. The van der Waals surface area contributed by atoms with Gasteiger partial charge in [0.2, 0.25) is 5.91 Å². The Balaban J connectivity index is 1.35. The molecule has 1 aromatic heterocycles. The van der Waals surface area contributed by atoms with E-state index in [0.717, 1.165) is 0 Å². The number of hydrogen-bond acceptors (Lipinski definition) is 4. The quantitative estimate of drug-likeness (QED) is 0.654. The molecule has 7 heteroatoms. The number of amides is 2. The van der Waals surface area contributed by atoms with Gasteiger partial charge in [0, 0.05) is 30.9 Å². The van der Waals surface area contributed by atoms with Gasteiger partial charge < -0.3 is 14.6 Å². The summed E-state index contributed by atoms with van der Waals surface area (Å²) in [5, 5.41) is 3.53. The largest absolute Gasteiger partial charge is 0.422 e. The highest BCUT2D eigenvalue weighted by atomic mass is 19.1. The van der Waals surface area contributed by atoms with Crippen LogP contribution in [0, 0.1) is 18.7 Å². The second-order valence-corrected chi connectivity index (χ2v) is 7.85. The third-order valence-electron chi connectivity index (χ3n) is 5.73. The number of likely N-dealkylation sites (tertiary alicyclic amines) is 1. The molecule has 3 aromatic rings. The van der Waals surface area contributed by atoms with Crippen LogP contribution in [0.1, 0.15) is 34.3 Å². The molecule has 0 saturated carbocycles. The molecular formula is C24H23FN2O4. The summed E-state index contributed by atoms with van der Waals surface area (Å²) >= 11 is 0. The van der Waals surface area contributed by atoms with E-state index in [9.17, 15) is 18.8 Å². The van der Waals surface area contributed by atoms with Gasteiger partial charge in [0.05, 0.1) is 0 Å². The molecular weight excluding hydrogens is 399 g/mol. The first kappa shape index (κ1) is 20.8. The van der Waals surface area contributed by atoms with Crippen molar-refractivity contribution in [1.82, 2.24) is 10.2 Å². The average Bonchev–Trinajstić information content (AvgIpc) is 2.79. The fourth-order valence-electron chi connectivity index (χ4n) is 3.81. The lowest BCUT2D eigenvalue weighted by molar-refractivity contribution is -0.126. The molecule has 2 heterocycles. The molecule has 0 aliphatic carbocycles. The van der Waals surface area contributed by atoms with Crippen molar-refractivity contribution in [3.05, 3.63) is 81.5 Å². The maximum absolute atomic E-state index is 13.7. The number of hydrogen-bond donors (Lipinski definition) is 1. The van der Waals surface area contributed by atoms with E-state index in [2.05, 4.69) is 5.32 Å². The van der Waals surface area contributed by atoms with Crippen LogP contribution in [0.3, 0.4) is 0 Å². The van der Waals surface area contributed by atoms with Crippen LogP contribution in [0.15, 0.2) is 57.7 Å². The van der Waals surface area contributed by atoms with E-state index in [0.29, 0.717) is 48.0 Å². The van der Waals surface area contributed by atoms with Crippen LogP contribution >= 0.6 is 0 Å². The molecule has 1 N–H and O–H groups in total. The fourth-order valence-corrected chi connectivity index (χ4v) is 3.81. The zero-order chi connectivity index (χ0) is 22.0. The van der Waals surface area contributed by atoms with Crippen LogP contribution in [-0.4, -0.2) is 29.8 Å². The first-order valence-corrected chi connectivity index (χ1v) is 10.3. The van der Waals surface area contributed by atoms with Crippen molar-refractivity contribution in [1.29, 1.82) is 0 Å². The Bertz CT molecular complexity index is 1200. The molecule has 2 aromatic carbocycles. The molecule has 160 valence electrons. The Morgan fingerprint density at radius 2 is 1.87 bits per heavy atom. The summed E-state index contributed by atoms with van der Waals surface area (Å²) in [5.41, 5.74) is 1.05. The first-order valence-electron chi connectivity index (χ1n) is 10.3. The predicted octanol–water partition coefficient (Wildman–Crippen LogP) is 3.41. The summed E-state index contributed by atoms with van der Waals surface area (Å²) in [6.45, 7) is 2.70. The fraction of sp³-hybridized carbons (Fsp3) is 0.292. The summed E-state index contributed by atoms with van der Waals surface area (Å²) in [7, 11) is 0. The van der Waals surface area contributed by atoms with Crippen LogP contribution < -0.4 is 10.9 Å². The summed E-state index contributed by atoms with van der Waals surface area (Å²) in [6, 6.07) is 13.5. The van der Waals surface area contributed by atoms with E-state index in [1.165, 1.54) is 6.07 Å². The molecule has 1 aliphatic heterocycles. The van der Waals surface area contributed by atoms with E-state index < -0.39 is 5.63 Å². The SMILES string of the molecule is Cc1ccc(CNC(=O)C2CCN(C(=O)c3cc4ccccc4oc3=O)CC2)cc1F. The third kappa shape index (κ3) is 4.50. The molecule has 0 bridgehead atoms. The molecule has 4 rings (SSSR count). The third-order valence-corrected chi connectivity index (χ3v) is 5.73. The van der Waals surface area contributed by atoms with Crippen LogP contribution in [0.4, 0.5) is 4.39 Å². The maximum Gasteiger partial charge on any atom is 0.349 e. The number of carbonyl (C=O) groups is 2. The topological polar surface area (TPSA) is 79.6 Å². The molecule has 1 fully saturated rings. The smallest absolute Gasteiger partial charge is 0.349 e. The van der Waals surface area contributed by atoms with Gasteiger partial charge in [-0.05, 0) is 49.1 Å². The first-order chi connectivity index (χ1) is 14.9. The molecule has 0 unspecified atom stereocenters. The van der Waals surface area contributed by atoms with Crippen molar-refractivity contribution in [3.8, 4) is 0 Å². The number of aryl methyl sites for hydroxylation is 1. The summed E-state index contributed by atoms with van der Waals surface area (Å²) in [5.74, 6) is -1.02. The Morgan fingerprint density at radius 3 is 2.61 bits per heavy atom. The minimum atomic E-state index is -0.658. The number of piperidine rings is 1. The van der Waals surface area contributed by atoms with E-state index in [1.54, 1.807) is 48.2 Å². The van der Waals surface area contributed by atoms with Crippen LogP contribution in [0.25, 0.3) is 11.0 Å². The van der Waals surface area contributed by atoms with Gasteiger partial charge in [-0.15, -0.1) is 0 Å². The second-order valence-electron chi connectivity index (χ2n) is 7.85. The number of halogens is 1. The Hall–Kier alpha value is -3.48. The molecule has 0 atom stereocenters. The summed E-state index contributed by atoms with van der Waals surface area (Å²) < 4.78 is 18.9.